The molecule has 0 fully saturated rings. The van der Waals surface area contributed by atoms with Crippen molar-refractivity contribution in [1.29, 1.82) is 0 Å². The summed E-state index contributed by atoms with van der Waals surface area (Å²) >= 11 is 0. The monoisotopic (exact) mass is 184 g/mol. The van der Waals surface area contributed by atoms with Crippen LogP contribution in [0.25, 0.3) is 0 Å². The van der Waals surface area contributed by atoms with Gasteiger partial charge >= 0.3 is 0 Å². The van der Waals surface area contributed by atoms with Crippen molar-refractivity contribution < 1.29 is 19.5 Å². The van der Waals surface area contributed by atoms with Crippen LogP contribution in [0, 0.1) is 6.07 Å². The Bertz CT molecular complexity index is 172. The van der Waals surface area contributed by atoms with E-state index in [9.17, 15) is 0 Å². The molecule has 0 amide bonds. The first-order valence-corrected chi connectivity index (χ1v) is 2.94. The van der Waals surface area contributed by atoms with Gasteiger partial charge in [-0.3, -0.25) is 0 Å². The molecule has 0 aromatic heterocycles. The molecule has 0 heterocycles. The molecule has 0 bridgehead atoms. The van der Waals surface area contributed by atoms with E-state index in [1.807, 2.05) is 38.4 Å². The summed E-state index contributed by atoms with van der Waals surface area (Å²) in [6.07, 6.45) is 0. The van der Waals surface area contributed by atoms with Crippen LogP contribution in [0.2, 0.25) is 0 Å². The first kappa shape index (κ1) is 9.64. The zero-order valence-corrected chi connectivity index (χ0v) is 9.43. The maximum absolute atomic E-state index is 2.96. The van der Waals surface area contributed by atoms with E-state index in [2.05, 4.69) is 11.0 Å². The van der Waals surface area contributed by atoms with Crippen LogP contribution in [0.3, 0.4) is 0 Å². The first-order valence-electron chi connectivity index (χ1n) is 2.94. The van der Waals surface area contributed by atoms with Crippen molar-refractivity contribution in [2.75, 3.05) is 19.0 Å². The fraction of sp³-hybridized carbons (Fsp3) is 0.250. The van der Waals surface area contributed by atoms with Crippen LogP contribution in [-0.2, 0) is 19.5 Å². The Morgan fingerprint density at radius 1 is 1.20 bits per heavy atom. The van der Waals surface area contributed by atoms with Crippen molar-refractivity contribution in [2.45, 2.75) is 0 Å². The summed E-state index contributed by atoms with van der Waals surface area (Å²) in [4.78, 5) is 2.06. The third kappa shape index (κ3) is 2.49. The quantitative estimate of drug-likeness (QED) is 0.474. The van der Waals surface area contributed by atoms with E-state index in [0.29, 0.717) is 0 Å². The van der Waals surface area contributed by atoms with E-state index in [0.717, 1.165) is 0 Å². The van der Waals surface area contributed by atoms with Gasteiger partial charge in [-0.15, -0.1) is 12.1 Å². The zero-order valence-electron chi connectivity index (χ0n) is 6.46. The molecule has 0 spiro atoms. The number of hydrogen-bond donors (Lipinski definition) is 0. The van der Waals surface area contributed by atoms with Gasteiger partial charge in [0.25, 0.3) is 0 Å². The Labute approximate surface area is 74.8 Å². The third-order valence-electron chi connectivity index (χ3n) is 1.22. The molecule has 0 atom stereocenters. The fourth-order valence-electron chi connectivity index (χ4n) is 0.676. The van der Waals surface area contributed by atoms with Crippen molar-refractivity contribution in [2.24, 2.45) is 0 Å². The Balaban J connectivity index is 0.000000810. The molecule has 50 valence electrons. The predicted molar refractivity (Wildman–Crippen MR) is 39.6 cm³/mol. The molecular weight excluding hydrogens is 175 g/mol. The maximum Gasteiger partial charge on any atom is 0.00397 e. The van der Waals surface area contributed by atoms with Gasteiger partial charge in [0.05, 0.1) is 0 Å². The van der Waals surface area contributed by atoms with Crippen molar-refractivity contribution in [1.82, 2.24) is 0 Å². The zero-order chi connectivity index (χ0) is 6.69. The Hall–Kier alpha value is -0.357. The molecule has 2 heteroatoms. The summed E-state index contributed by atoms with van der Waals surface area (Å²) < 4.78 is 0. The predicted octanol–water partition coefficient (Wildman–Crippen LogP) is 1.55. The van der Waals surface area contributed by atoms with Gasteiger partial charge in [0.2, 0.25) is 0 Å². The molecule has 0 radical (unpaired) electrons. The van der Waals surface area contributed by atoms with Crippen LogP contribution in [0.4, 0.5) is 5.69 Å². The van der Waals surface area contributed by atoms with Gasteiger partial charge in [-0.2, -0.15) is 18.2 Å². The number of hydrogen-bond acceptors (Lipinski definition) is 1. The smallest absolute Gasteiger partial charge is 0.00397 e. The van der Waals surface area contributed by atoms with Crippen LogP contribution in [0.1, 0.15) is 0 Å². The summed E-state index contributed by atoms with van der Waals surface area (Å²) in [6, 6.07) is 10.8. The second kappa shape index (κ2) is 4.46. The molecule has 1 aromatic rings. The van der Waals surface area contributed by atoms with E-state index in [4.69, 9.17) is 0 Å². The molecule has 1 nitrogen and oxygen atoms in total. The van der Waals surface area contributed by atoms with Gasteiger partial charge in [-0.1, -0.05) is 5.69 Å². The Kier molecular flexibility index (Phi) is 4.30. The molecule has 0 unspecified atom stereocenters. The van der Waals surface area contributed by atoms with Crippen LogP contribution < -0.4 is 4.90 Å². The van der Waals surface area contributed by atoms with E-state index in [1.54, 1.807) is 0 Å². The molecule has 1 rings (SSSR count). The van der Waals surface area contributed by atoms with Gasteiger partial charge < -0.3 is 4.90 Å². The Morgan fingerprint density at radius 2 is 1.70 bits per heavy atom. The standard InChI is InChI=1S/C8H10N.Zn/c1-9(2)8-6-4-3-5-7-8;/h4-7H,1-2H3;/q-1;. The molecule has 10 heavy (non-hydrogen) atoms. The van der Waals surface area contributed by atoms with Crippen molar-refractivity contribution in [3.05, 3.63) is 30.3 Å². The Morgan fingerprint density at radius 3 is 2.00 bits per heavy atom. The van der Waals surface area contributed by atoms with Crippen molar-refractivity contribution in [3.8, 4) is 0 Å². The first-order chi connectivity index (χ1) is 4.30. The number of rotatable bonds is 1. The van der Waals surface area contributed by atoms with Gasteiger partial charge in [0.15, 0.2) is 0 Å². The van der Waals surface area contributed by atoms with Crippen LogP contribution >= 0.6 is 0 Å². The van der Waals surface area contributed by atoms with Gasteiger partial charge in [0, 0.05) is 33.6 Å². The van der Waals surface area contributed by atoms with Crippen LogP contribution in [0.15, 0.2) is 24.3 Å². The van der Waals surface area contributed by atoms with Gasteiger partial charge in [-0.05, 0) is 0 Å². The summed E-state index contributed by atoms with van der Waals surface area (Å²) in [5.74, 6) is 0. The summed E-state index contributed by atoms with van der Waals surface area (Å²) in [5, 5.41) is 0. The van der Waals surface area contributed by atoms with Crippen LogP contribution in [-0.4, -0.2) is 14.1 Å². The topological polar surface area (TPSA) is 3.24 Å². The average Bonchev–Trinajstić information content (AvgIpc) is 1.90. The van der Waals surface area contributed by atoms with Gasteiger partial charge in [0.1, 0.15) is 0 Å². The minimum atomic E-state index is 0. The van der Waals surface area contributed by atoms with Gasteiger partial charge in [-0.25, -0.2) is 0 Å². The molecular formula is C8H10NZn-. The fourth-order valence-corrected chi connectivity index (χ4v) is 0.676. The molecule has 1 aromatic carbocycles. The second-order valence-corrected chi connectivity index (χ2v) is 2.15. The van der Waals surface area contributed by atoms with Crippen LogP contribution in [0.5, 0.6) is 0 Å². The van der Waals surface area contributed by atoms with E-state index >= 15 is 0 Å². The summed E-state index contributed by atoms with van der Waals surface area (Å²) in [6.45, 7) is 0. The number of nitrogens with zero attached hydrogens (tertiary/aromatic N) is 1. The minimum absolute atomic E-state index is 0. The van der Waals surface area contributed by atoms with E-state index < -0.39 is 0 Å². The molecule has 0 saturated heterocycles. The molecule has 0 aliphatic carbocycles. The summed E-state index contributed by atoms with van der Waals surface area (Å²) in [5.41, 5.74) is 1.22. The SMILES string of the molecule is CN(C)c1cc[c-]cc1.[Zn]. The normalized spacial score (nSPS) is 8.20. The molecule has 0 aliphatic rings. The largest absolute Gasteiger partial charge is 0.399 e. The average molecular weight is 186 g/mol. The third-order valence-corrected chi connectivity index (χ3v) is 1.22. The minimum Gasteiger partial charge on any atom is -0.399 e. The summed E-state index contributed by atoms with van der Waals surface area (Å²) in [7, 11) is 4.05. The maximum atomic E-state index is 2.96. The van der Waals surface area contributed by atoms with E-state index in [1.165, 1.54) is 5.69 Å². The molecule has 0 aliphatic heterocycles. The van der Waals surface area contributed by atoms with Crippen molar-refractivity contribution in [3.63, 3.8) is 0 Å². The number of anilines is 1. The molecule has 0 N–H and O–H groups in total. The van der Waals surface area contributed by atoms with Crippen molar-refractivity contribution >= 4 is 5.69 Å². The van der Waals surface area contributed by atoms with E-state index in [-0.39, 0.29) is 19.5 Å². The number of benzene rings is 1. The second-order valence-electron chi connectivity index (χ2n) is 2.15. The molecule has 0 saturated carbocycles.